The van der Waals surface area contributed by atoms with Crippen molar-refractivity contribution in [2.75, 3.05) is 0 Å². The van der Waals surface area contributed by atoms with Crippen molar-refractivity contribution in [1.29, 1.82) is 0 Å². The first-order chi connectivity index (χ1) is 7.71. The summed E-state index contributed by atoms with van der Waals surface area (Å²) in [7, 11) is 0. The van der Waals surface area contributed by atoms with Crippen LogP contribution in [0.2, 0.25) is 0 Å². The predicted octanol–water partition coefficient (Wildman–Crippen LogP) is 1.52. The smallest absolute Gasteiger partial charge is 0.434 e. The molecule has 17 heavy (non-hydrogen) atoms. The molecule has 94 valence electrons. The van der Waals surface area contributed by atoms with Crippen LogP contribution in [0.15, 0.2) is 12.1 Å². The third-order valence-corrected chi connectivity index (χ3v) is 2.27. The van der Waals surface area contributed by atoms with Gasteiger partial charge in [0.05, 0.1) is 17.0 Å². The summed E-state index contributed by atoms with van der Waals surface area (Å²) in [5, 5.41) is 8.55. The van der Waals surface area contributed by atoms with Crippen molar-refractivity contribution in [3.63, 3.8) is 0 Å². The molecule has 1 heterocycles. The molecule has 0 bridgehead atoms. The molecule has 0 aromatic carbocycles. The van der Waals surface area contributed by atoms with Crippen molar-refractivity contribution in [3.8, 4) is 0 Å². The molecule has 1 aromatic heterocycles. The lowest BCUT2D eigenvalue weighted by molar-refractivity contribution is -0.141. The van der Waals surface area contributed by atoms with Gasteiger partial charge >= 0.3 is 12.1 Å². The predicted molar refractivity (Wildman–Crippen MR) is 50.7 cm³/mol. The minimum absolute atomic E-state index is 0.303. The summed E-state index contributed by atoms with van der Waals surface area (Å²) in [5.41, 5.74) is -2.87. The highest BCUT2D eigenvalue weighted by atomic mass is 32.2. The molecule has 0 fully saturated rings. The van der Waals surface area contributed by atoms with Gasteiger partial charge in [-0.25, -0.2) is 14.0 Å². The SMILES string of the molecule is O=C(O)c1ccc(CS(=O)O)nc1C(F)(F)F. The molecule has 1 unspecified atom stereocenters. The minimum Gasteiger partial charge on any atom is -0.478 e. The Hall–Kier alpha value is -1.48. The number of alkyl halides is 3. The van der Waals surface area contributed by atoms with Gasteiger partial charge in [-0.15, -0.1) is 0 Å². The number of nitrogens with zero attached hydrogens (tertiary/aromatic N) is 1. The summed E-state index contributed by atoms with van der Waals surface area (Å²) >= 11 is -2.35. The lowest BCUT2D eigenvalue weighted by atomic mass is 10.1. The maximum atomic E-state index is 12.5. The molecule has 9 heteroatoms. The van der Waals surface area contributed by atoms with E-state index in [1.54, 1.807) is 0 Å². The van der Waals surface area contributed by atoms with Gasteiger partial charge in [-0.3, -0.25) is 0 Å². The number of hydrogen-bond acceptors (Lipinski definition) is 3. The van der Waals surface area contributed by atoms with Gasteiger partial charge in [-0.2, -0.15) is 13.2 Å². The molecule has 0 radical (unpaired) electrons. The van der Waals surface area contributed by atoms with Gasteiger partial charge in [-0.1, -0.05) is 0 Å². The Labute approximate surface area is 95.6 Å². The lowest BCUT2D eigenvalue weighted by Gasteiger charge is -2.10. The first-order valence-electron chi connectivity index (χ1n) is 4.09. The van der Waals surface area contributed by atoms with E-state index in [2.05, 4.69) is 4.98 Å². The van der Waals surface area contributed by atoms with Crippen molar-refractivity contribution in [1.82, 2.24) is 4.98 Å². The topological polar surface area (TPSA) is 87.5 Å². The minimum atomic E-state index is -4.93. The van der Waals surface area contributed by atoms with E-state index in [1.165, 1.54) is 0 Å². The highest BCUT2D eigenvalue weighted by molar-refractivity contribution is 7.78. The van der Waals surface area contributed by atoms with E-state index in [9.17, 15) is 22.2 Å². The Bertz CT molecular complexity index is 474. The Kier molecular flexibility index (Phi) is 3.83. The van der Waals surface area contributed by atoms with E-state index in [4.69, 9.17) is 9.66 Å². The van der Waals surface area contributed by atoms with Crippen molar-refractivity contribution >= 4 is 17.0 Å². The highest BCUT2D eigenvalue weighted by Gasteiger charge is 2.37. The number of carbonyl (C=O) groups is 1. The van der Waals surface area contributed by atoms with Gasteiger partial charge in [0, 0.05) is 0 Å². The average Bonchev–Trinajstić information content (AvgIpc) is 2.14. The molecule has 0 aliphatic rings. The highest BCUT2D eigenvalue weighted by Crippen LogP contribution is 2.30. The quantitative estimate of drug-likeness (QED) is 0.812. The number of halogens is 3. The summed E-state index contributed by atoms with van der Waals surface area (Å²) in [6, 6.07) is 1.67. The van der Waals surface area contributed by atoms with E-state index in [1.807, 2.05) is 0 Å². The van der Waals surface area contributed by atoms with Crippen LogP contribution in [-0.2, 0) is 23.0 Å². The van der Waals surface area contributed by atoms with Crippen LogP contribution in [0.4, 0.5) is 13.2 Å². The third-order valence-electron chi connectivity index (χ3n) is 1.72. The van der Waals surface area contributed by atoms with Gasteiger partial charge in [0.15, 0.2) is 16.8 Å². The van der Waals surface area contributed by atoms with E-state index < -0.39 is 40.2 Å². The number of carboxylic acids is 1. The summed E-state index contributed by atoms with van der Waals surface area (Å²) < 4.78 is 56.3. The van der Waals surface area contributed by atoms with E-state index in [-0.39, 0.29) is 5.69 Å². The first-order valence-corrected chi connectivity index (χ1v) is 5.37. The maximum absolute atomic E-state index is 12.5. The largest absolute Gasteiger partial charge is 0.478 e. The molecular weight excluding hydrogens is 263 g/mol. The monoisotopic (exact) mass is 269 g/mol. The standard InChI is InChI=1S/C8H6F3NO4S/c9-8(10,11)6-5(7(13)14)2-1-4(12-6)3-17(15)16/h1-2H,3H2,(H,13,14)(H,15,16). The second-order valence-electron chi connectivity index (χ2n) is 2.97. The van der Waals surface area contributed by atoms with Crippen LogP contribution in [0.1, 0.15) is 21.7 Å². The molecule has 0 saturated carbocycles. The Balaban J connectivity index is 3.29. The van der Waals surface area contributed by atoms with Crippen molar-refractivity contribution in [2.45, 2.75) is 11.9 Å². The Morgan fingerprint density at radius 2 is 2.00 bits per heavy atom. The van der Waals surface area contributed by atoms with Crippen LogP contribution < -0.4 is 0 Å². The zero-order chi connectivity index (χ0) is 13.2. The fourth-order valence-corrected chi connectivity index (χ4v) is 1.51. The number of carboxylic acid groups (broad SMARTS) is 1. The zero-order valence-electron chi connectivity index (χ0n) is 8.06. The molecular formula is C8H6F3NO4S. The molecule has 1 rings (SSSR count). The van der Waals surface area contributed by atoms with Crippen LogP contribution in [0.3, 0.4) is 0 Å². The lowest BCUT2D eigenvalue weighted by Crippen LogP contribution is -2.16. The van der Waals surface area contributed by atoms with Crippen molar-refractivity contribution < 1.29 is 31.8 Å². The first kappa shape index (κ1) is 13.6. The summed E-state index contributed by atoms with van der Waals surface area (Å²) in [6.07, 6.45) is -4.93. The summed E-state index contributed by atoms with van der Waals surface area (Å²) in [6.45, 7) is 0. The number of pyridine rings is 1. The normalized spacial score (nSPS) is 13.4. The number of hydrogen-bond donors (Lipinski definition) is 2. The molecule has 0 aliphatic carbocycles. The summed E-state index contributed by atoms with van der Waals surface area (Å²) in [4.78, 5) is 13.6. The Morgan fingerprint density at radius 1 is 1.41 bits per heavy atom. The molecule has 2 N–H and O–H groups in total. The Morgan fingerprint density at radius 3 is 2.41 bits per heavy atom. The maximum Gasteiger partial charge on any atom is 0.434 e. The van der Waals surface area contributed by atoms with E-state index >= 15 is 0 Å². The van der Waals surface area contributed by atoms with Gasteiger partial charge in [0.1, 0.15) is 0 Å². The second kappa shape index (κ2) is 4.80. The molecule has 0 spiro atoms. The van der Waals surface area contributed by atoms with Crippen LogP contribution in [-0.4, -0.2) is 24.8 Å². The number of aromatic carboxylic acids is 1. The van der Waals surface area contributed by atoms with E-state index in [0.717, 1.165) is 6.07 Å². The zero-order valence-corrected chi connectivity index (χ0v) is 8.88. The fraction of sp³-hybridized carbons (Fsp3) is 0.250. The average molecular weight is 269 g/mol. The number of rotatable bonds is 3. The number of aromatic nitrogens is 1. The van der Waals surface area contributed by atoms with E-state index in [0.29, 0.717) is 6.07 Å². The molecule has 0 aliphatic heterocycles. The van der Waals surface area contributed by atoms with Crippen LogP contribution in [0.25, 0.3) is 0 Å². The fourth-order valence-electron chi connectivity index (χ4n) is 1.10. The van der Waals surface area contributed by atoms with Crippen LogP contribution in [0, 0.1) is 0 Å². The molecule has 0 saturated heterocycles. The van der Waals surface area contributed by atoms with Gasteiger partial charge in [0.2, 0.25) is 0 Å². The third kappa shape index (κ3) is 3.49. The molecule has 0 amide bonds. The van der Waals surface area contributed by atoms with Crippen LogP contribution in [0.5, 0.6) is 0 Å². The van der Waals surface area contributed by atoms with Crippen molar-refractivity contribution in [2.24, 2.45) is 0 Å². The van der Waals surface area contributed by atoms with Gasteiger partial charge < -0.3 is 9.66 Å². The molecule has 1 atom stereocenters. The van der Waals surface area contributed by atoms with Gasteiger partial charge in [0.25, 0.3) is 0 Å². The van der Waals surface area contributed by atoms with Gasteiger partial charge in [-0.05, 0) is 12.1 Å². The molecule has 1 aromatic rings. The van der Waals surface area contributed by atoms with Crippen molar-refractivity contribution in [3.05, 3.63) is 29.1 Å². The second-order valence-corrected chi connectivity index (χ2v) is 3.90. The molecule has 5 nitrogen and oxygen atoms in total. The summed E-state index contributed by atoms with van der Waals surface area (Å²) in [5.74, 6) is -2.36. The van der Waals surface area contributed by atoms with Crippen LogP contribution >= 0.6 is 0 Å².